The third kappa shape index (κ3) is 3.11. The first-order valence-electron chi connectivity index (χ1n) is 8.15. The van der Waals surface area contributed by atoms with Crippen molar-refractivity contribution in [3.8, 4) is 11.8 Å². The highest BCUT2D eigenvalue weighted by atomic mass is 16.5. The summed E-state index contributed by atoms with van der Waals surface area (Å²) in [6.07, 6.45) is 0. The second-order valence-electron chi connectivity index (χ2n) is 6.28. The number of hydrogen-bond donors (Lipinski definition) is 2. The molecule has 2 aromatic rings. The Morgan fingerprint density at radius 1 is 1.23 bits per heavy atom. The molecule has 1 aliphatic carbocycles. The predicted molar refractivity (Wildman–Crippen MR) is 95.1 cm³/mol. The van der Waals surface area contributed by atoms with Gasteiger partial charge in [0.15, 0.2) is 0 Å². The van der Waals surface area contributed by atoms with Crippen LogP contribution >= 0.6 is 0 Å². The van der Waals surface area contributed by atoms with Gasteiger partial charge in [-0.3, -0.25) is 4.79 Å². The second-order valence-corrected chi connectivity index (χ2v) is 6.28. The zero-order valence-corrected chi connectivity index (χ0v) is 14.4. The Morgan fingerprint density at radius 2 is 1.96 bits per heavy atom. The Balaban J connectivity index is 1.81. The van der Waals surface area contributed by atoms with Crippen molar-refractivity contribution in [2.75, 3.05) is 12.4 Å². The number of carboxylic acid groups (broad SMARTS) is 1. The SMILES string of the molecule is COc1ccc(C2C(C#N)C2C(=O)Nc2ccccc2C(=O)O)cc1C. The van der Waals surface area contributed by atoms with E-state index in [-0.39, 0.29) is 23.1 Å². The molecule has 1 fully saturated rings. The molecule has 26 heavy (non-hydrogen) atoms. The van der Waals surface area contributed by atoms with Crippen LogP contribution in [0.2, 0.25) is 0 Å². The minimum atomic E-state index is -1.11. The molecular formula is C20H18N2O4. The highest BCUT2D eigenvalue weighted by Gasteiger charge is 2.56. The van der Waals surface area contributed by atoms with Gasteiger partial charge in [0.25, 0.3) is 0 Å². The molecule has 0 aliphatic heterocycles. The number of nitrogens with one attached hydrogen (secondary N) is 1. The molecule has 0 heterocycles. The summed E-state index contributed by atoms with van der Waals surface area (Å²) in [6, 6.07) is 14.0. The van der Waals surface area contributed by atoms with E-state index in [0.717, 1.165) is 16.9 Å². The lowest BCUT2D eigenvalue weighted by Crippen LogP contribution is -2.17. The minimum Gasteiger partial charge on any atom is -0.496 e. The highest BCUT2D eigenvalue weighted by Crippen LogP contribution is 2.54. The number of para-hydroxylation sites is 1. The number of benzene rings is 2. The fourth-order valence-corrected chi connectivity index (χ4v) is 3.32. The molecule has 0 spiro atoms. The van der Waals surface area contributed by atoms with Crippen LogP contribution in [0.25, 0.3) is 0 Å². The van der Waals surface area contributed by atoms with Gasteiger partial charge in [-0.2, -0.15) is 5.26 Å². The van der Waals surface area contributed by atoms with Crippen molar-refractivity contribution in [1.82, 2.24) is 0 Å². The first kappa shape index (κ1) is 17.5. The Labute approximate surface area is 151 Å². The van der Waals surface area contributed by atoms with Crippen molar-refractivity contribution in [1.29, 1.82) is 5.26 Å². The lowest BCUT2D eigenvalue weighted by atomic mass is 10.0. The summed E-state index contributed by atoms with van der Waals surface area (Å²) in [5.74, 6) is -1.85. The van der Waals surface area contributed by atoms with Crippen LogP contribution in [-0.4, -0.2) is 24.1 Å². The van der Waals surface area contributed by atoms with Crippen molar-refractivity contribution in [2.24, 2.45) is 11.8 Å². The average molecular weight is 350 g/mol. The van der Waals surface area contributed by atoms with E-state index in [2.05, 4.69) is 11.4 Å². The summed E-state index contributed by atoms with van der Waals surface area (Å²) in [7, 11) is 1.59. The summed E-state index contributed by atoms with van der Waals surface area (Å²) >= 11 is 0. The Morgan fingerprint density at radius 3 is 2.58 bits per heavy atom. The van der Waals surface area contributed by atoms with Crippen LogP contribution in [0.1, 0.15) is 27.4 Å². The summed E-state index contributed by atoms with van der Waals surface area (Å²) < 4.78 is 5.24. The number of aryl methyl sites for hydroxylation is 1. The zero-order valence-electron chi connectivity index (χ0n) is 14.4. The van der Waals surface area contributed by atoms with Crippen molar-refractivity contribution < 1.29 is 19.4 Å². The number of hydrogen-bond acceptors (Lipinski definition) is 4. The van der Waals surface area contributed by atoms with Gasteiger partial charge < -0.3 is 15.2 Å². The number of aromatic carboxylic acids is 1. The maximum absolute atomic E-state index is 12.6. The first-order valence-corrected chi connectivity index (χ1v) is 8.15. The topological polar surface area (TPSA) is 99.4 Å². The van der Waals surface area contributed by atoms with Crippen molar-refractivity contribution in [3.05, 3.63) is 59.2 Å². The average Bonchev–Trinajstić information content (AvgIpc) is 3.36. The molecule has 6 heteroatoms. The number of nitriles is 1. The van der Waals surface area contributed by atoms with Crippen LogP contribution in [0.3, 0.4) is 0 Å². The molecule has 0 aromatic heterocycles. The van der Waals surface area contributed by atoms with Gasteiger partial charge in [-0.15, -0.1) is 0 Å². The largest absolute Gasteiger partial charge is 0.496 e. The van der Waals surface area contributed by atoms with E-state index in [4.69, 9.17) is 4.74 Å². The maximum atomic E-state index is 12.6. The van der Waals surface area contributed by atoms with Crippen molar-refractivity contribution in [2.45, 2.75) is 12.8 Å². The van der Waals surface area contributed by atoms with Gasteiger partial charge in [-0.05, 0) is 36.2 Å². The predicted octanol–water partition coefficient (Wildman–Crippen LogP) is 3.19. The molecule has 3 rings (SSSR count). The van der Waals surface area contributed by atoms with E-state index >= 15 is 0 Å². The highest BCUT2D eigenvalue weighted by molar-refractivity contribution is 6.02. The number of methoxy groups -OCH3 is 1. The van der Waals surface area contributed by atoms with Crippen molar-refractivity contribution in [3.63, 3.8) is 0 Å². The Kier molecular flexibility index (Phi) is 4.63. The van der Waals surface area contributed by atoms with Crippen LogP contribution < -0.4 is 10.1 Å². The van der Waals surface area contributed by atoms with Gasteiger partial charge in [0.2, 0.25) is 5.91 Å². The Hall–Kier alpha value is -3.33. The second kappa shape index (κ2) is 6.89. The van der Waals surface area contributed by atoms with Crippen LogP contribution in [0.4, 0.5) is 5.69 Å². The van der Waals surface area contributed by atoms with E-state index in [9.17, 15) is 20.0 Å². The molecule has 6 nitrogen and oxygen atoms in total. The van der Waals surface area contributed by atoms with Crippen LogP contribution in [0.5, 0.6) is 5.75 Å². The lowest BCUT2D eigenvalue weighted by molar-refractivity contribution is -0.117. The van der Waals surface area contributed by atoms with Gasteiger partial charge >= 0.3 is 5.97 Å². The smallest absolute Gasteiger partial charge is 0.337 e. The van der Waals surface area contributed by atoms with Gasteiger partial charge in [0.1, 0.15) is 5.75 Å². The quantitative estimate of drug-likeness (QED) is 0.863. The summed E-state index contributed by atoms with van der Waals surface area (Å²) in [4.78, 5) is 23.9. The molecule has 2 aromatic carbocycles. The van der Waals surface area contributed by atoms with E-state index in [1.807, 2.05) is 25.1 Å². The third-order valence-corrected chi connectivity index (χ3v) is 4.69. The molecule has 0 bridgehead atoms. The molecule has 1 aliphatic rings. The monoisotopic (exact) mass is 350 g/mol. The molecule has 0 saturated heterocycles. The molecule has 1 amide bonds. The number of nitrogens with zero attached hydrogens (tertiary/aromatic N) is 1. The fraction of sp³-hybridized carbons (Fsp3) is 0.250. The number of carbonyl (C=O) groups is 2. The summed E-state index contributed by atoms with van der Waals surface area (Å²) in [5.41, 5.74) is 2.09. The van der Waals surface area contributed by atoms with E-state index in [0.29, 0.717) is 0 Å². The number of carboxylic acids is 1. The van der Waals surface area contributed by atoms with Crippen LogP contribution in [0.15, 0.2) is 42.5 Å². The minimum absolute atomic E-state index is 0.0202. The molecule has 2 N–H and O–H groups in total. The van der Waals surface area contributed by atoms with E-state index in [1.165, 1.54) is 12.1 Å². The van der Waals surface area contributed by atoms with E-state index in [1.54, 1.807) is 19.2 Å². The number of rotatable bonds is 5. The lowest BCUT2D eigenvalue weighted by Gasteiger charge is -2.09. The standard InChI is InChI=1S/C20H18N2O4/c1-11-9-12(7-8-16(11)26-2)17-14(10-21)18(17)19(23)22-15-6-4-3-5-13(15)20(24)25/h3-9,14,17-18H,1-2H3,(H,22,23)(H,24,25). The third-order valence-electron chi connectivity index (χ3n) is 4.69. The number of ether oxygens (including phenoxy) is 1. The van der Waals surface area contributed by atoms with Crippen LogP contribution in [0, 0.1) is 30.1 Å². The zero-order chi connectivity index (χ0) is 18.8. The molecule has 3 atom stereocenters. The molecular weight excluding hydrogens is 332 g/mol. The first-order chi connectivity index (χ1) is 12.5. The summed E-state index contributed by atoms with van der Waals surface area (Å²) in [6.45, 7) is 1.91. The fourth-order valence-electron chi connectivity index (χ4n) is 3.32. The molecule has 3 unspecified atom stereocenters. The normalized spacial score (nSPS) is 20.7. The maximum Gasteiger partial charge on any atom is 0.337 e. The van der Waals surface area contributed by atoms with E-state index < -0.39 is 17.8 Å². The van der Waals surface area contributed by atoms with Gasteiger partial charge in [-0.25, -0.2) is 4.79 Å². The molecule has 132 valence electrons. The van der Waals surface area contributed by atoms with Gasteiger partial charge in [0.05, 0.1) is 36.3 Å². The summed E-state index contributed by atoms with van der Waals surface area (Å²) in [5, 5.41) is 21.3. The molecule has 1 saturated carbocycles. The number of carbonyl (C=O) groups excluding carboxylic acids is 1. The Bertz CT molecular complexity index is 916. The van der Waals surface area contributed by atoms with Crippen LogP contribution in [-0.2, 0) is 4.79 Å². The number of amides is 1. The van der Waals surface area contributed by atoms with Gasteiger partial charge in [-0.1, -0.05) is 24.3 Å². The van der Waals surface area contributed by atoms with Crippen molar-refractivity contribution >= 4 is 17.6 Å². The number of anilines is 1. The molecule has 0 radical (unpaired) electrons. The van der Waals surface area contributed by atoms with Gasteiger partial charge in [0, 0.05) is 5.92 Å².